The van der Waals surface area contributed by atoms with E-state index in [0.717, 1.165) is 51.6 Å². The highest BCUT2D eigenvalue weighted by molar-refractivity contribution is 7.98. The second kappa shape index (κ2) is 10.8. The lowest BCUT2D eigenvalue weighted by molar-refractivity contribution is 0.0949. The number of hydrogen-bond donors (Lipinski definition) is 1. The van der Waals surface area contributed by atoms with Crippen molar-refractivity contribution in [2.45, 2.75) is 44.0 Å². The lowest BCUT2D eigenvalue weighted by atomic mass is 10.00. The maximum atomic E-state index is 12.5. The van der Waals surface area contributed by atoms with Gasteiger partial charge in [0.2, 0.25) is 0 Å². The predicted molar refractivity (Wildman–Crippen MR) is 129 cm³/mol. The third-order valence-electron chi connectivity index (χ3n) is 5.44. The molecular formula is C22H26N8OS2. The molecule has 0 spiro atoms. The van der Waals surface area contributed by atoms with Crippen LogP contribution >= 0.6 is 23.1 Å². The number of aromatic nitrogens is 7. The minimum Gasteiger partial charge on any atom is -0.345 e. The molecule has 0 aliphatic rings. The Morgan fingerprint density at radius 2 is 2.00 bits per heavy atom. The van der Waals surface area contributed by atoms with Gasteiger partial charge in [-0.25, -0.2) is 19.6 Å². The number of nitrogens with zero attached hydrogens (tertiary/aromatic N) is 7. The summed E-state index contributed by atoms with van der Waals surface area (Å²) in [5.41, 5.74) is 1.53. The molecule has 1 aromatic carbocycles. The fourth-order valence-electron chi connectivity index (χ4n) is 3.35. The molecular weight excluding hydrogens is 456 g/mol. The summed E-state index contributed by atoms with van der Waals surface area (Å²) in [5, 5.41) is 15.2. The number of amides is 1. The van der Waals surface area contributed by atoms with E-state index in [0.29, 0.717) is 17.3 Å². The molecule has 3 heterocycles. The Hall–Kier alpha value is -2.92. The Kier molecular flexibility index (Phi) is 7.61. The molecule has 33 heavy (non-hydrogen) atoms. The van der Waals surface area contributed by atoms with Gasteiger partial charge in [-0.2, -0.15) is 0 Å². The first-order chi connectivity index (χ1) is 16.0. The monoisotopic (exact) mass is 482 g/mol. The molecule has 3 aromatic heterocycles. The van der Waals surface area contributed by atoms with Gasteiger partial charge in [0.15, 0.2) is 5.82 Å². The third kappa shape index (κ3) is 6.11. The van der Waals surface area contributed by atoms with Gasteiger partial charge in [0.25, 0.3) is 5.91 Å². The Morgan fingerprint density at radius 3 is 2.73 bits per heavy atom. The van der Waals surface area contributed by atoms with E-state index in [9.17, 15) is 4.79 Å². The summed E-state index contributed by atoms with van der Waals surface area (Å²) in [6, 6.07) is 5.62. The van der Waals surface area contributed by atoms with Gasteiger partial charge in [-0.3, -0.25) is 4.79 Å². The van der Waals surface area contributed by atoms with E-state index in [2.05, 4.69) is 37.7 Å². The highest BCUT2D eigenvalue weighted by Crippen LogP contribution is 2.26. The molecule has 0 aliphatic carbocycles. The summed E-state index contributed by atoms with van der Waals surface area (Å²) in [7, 11) is 1.74. The molecule has 11 heteroatoms. The van der Waals surface area contributed by atoms with Gasteiger partial charge in [-0.1, -0.05) is 6.92 Å². The largest absolute Gasteiger partial charge is 0.345 e. The normalized spacial score (nSPS) is 12.2. The first-order valence-electron chi connectivity index (χ1n) is 10.8. The molecule has 9 nitrogen and oxygen atoms in total. The first-order valence-corrected chi connectivity index (χ1v) is 12.8. The van der Waals surface area contributed by atoms with Gasteiger partial charge in [0.05, 0.1) is 21.8 Å². The van der Waals surface area contributed by atoms with Crippen molar-refractivity contribution in [2.75, 3.05) is 6.26 Å². The van der Waals surface area contributed by atoms with Crippen LogP contribution in [0.15, 0.2) is 35.5 Å². The molecule has 0 saturated heterocycles. The molecule has 0 radical (unpaired) electrons. The summed E-state index contributed by atoms with van der Waals surface area (Å²) >= 11 is 3.31. The van der Waals surface area contributed by atoms with Crippen molar-refractivity contribution in [2.24, 2.45) is 13.0 Å². The number of rotatable bonds is 10. The molecule has 4 aromatic rings. The molecule has 1 amide bonds. The number of benzene rings is 1. The van der Waals surface area contributed by atoms with Crippen molar-refractivity contribution in [3.8, 4) is 0 Å². The molecule has 1 N–H and O–H groups in total. The van der Waals surface area contributed by atoms with Crippen LogP contribution in [0.1, 0.15) is 46.8 Å². The van der Waals surface area contributed by atoms with E-state index >= 15 is 0 Å². The molecule has 0 aliphatic heterocycles. The van der Waals surface area contributed by atoms with Crippen molar-refractivity contribution in [3.05, 3.63) is 52.8 Å². The SMILES string of the molecule is CSc1cnc(CC[C@H](C)CCc2nc3ccc(C(=O)NCc4nnnn4C)cc3s2)nc1. The Morgan fingerprint density at radius 1 is 1.21 bits per heavy atom. The second-order valence-electron chi connectivity index (χ2n) is 7.91. The van der Waals surface area contributed by atoms with E-state index < -0.39 is 0 Å². The maximum Gasteiger partial charge on any atom is 0.251 e. The van der Waals surface area contributed by atoms with Crippen LogP contribution in [0.5, 0.6) is 0 Å². The first kappa shape index (κ1) is 23.2. The van der Waals surface area contributed by atoms with E-state index in [1.807, 2.05) is 30.8 Å². The molecule has 0 saturated carbocycles. The zero-order valence-electron chi connectivity index (χ0n) is 18.9. The van der Waals surface area contributed by atoms with Crippen LogP contribution in [-0.2, 0) is 26.4 Å². The number of tetrazole rings is 1. The smallest absolute Gasteiger partial charge is 0.251 e. The van der Waals surface area contributed by atoms with Gasteiger partial charge in [0.1, 0.15) is 5.82 Å². The van der Waals surface area contributed by atoms with E-state index in [1.54, 1.807) is 36.2 Å². The van der Waals surface area contributed by atoms with Gasteiger partial charge in [0, 0.05) is 36.3 Å². The quantitative estimate of drug-likeness (QED) is 0.342. The summed E-state index contributed by atoms with van der Waals surface area (Å²) in [6.07, 6.45) is 9.72. The highest BCUT2D eigenvalue weighted by atomic mass is 32.2. The fourth-order valence-corrected chi connectivity index (χ4v) is 4.68. The lowest BCUT2D eigenvalue weighted by Gasteiger charge is -2.09. The van der Waals surface area contributed by atoms with E-state index in [1.165, 1.54) is 4.68 Å². The molecule has 0 bridgehead atoms. The Balaban J connectivity index is 1.29. The topological polar surface area (TPSA) is 111 Å². The van der Waals surface area contributed by atoms with Crippen molar-refractivity contribution >= 4 is 39.2 Å². The minimum absolute atomic E-state index is 0.156. The Bertz CT molecular complexity index is 1220. The number of fused-ring (bicyclic) bond motifs is 1. The fraction of sp³-hybridized carbons (Fsp3) is 0.409. The molecule has 172 valence electrons. The lowest BCUT2D eigenvalue weighted by Crippen LogP contribution is -2.24. The minimum atomic E-state index is -0.156. The van der Waals surface area contributed by atoms with Crippen LogP contribution in [0.2, 0.25) is 0 Å². The standard InChI is InChI=1S/C22H26N8OS2/c1-14(4-8-19-23-11-16(32-3)12-24-19)5-9-21-26-17-7-6-15(10-18(17)33-21)22(31)25-13-20-27-28-29-30(20)2/h6-7,10-12,14H,4-5,8-9,13H2,1-3H3,(H,25,31)/t14-/m0/s1. The summed E-state index contributed by atoms with van der Waals surface area (Å²) in [4.78, 5) is 27.2. The maximum absolute atomic E-state index is 12.5. The Labute approximate surface area is 200 Å². The van der Waals surface area contributed by atoms with Crippen molar-refractivity contribution < 1.29 is 4.79 Å². The average Bonchev–Trinajstić information content (AvgIpc) is 3.44. The third-order valence-corrected chi connectivity index (χ3v) is 7.20. The van der Waals surface area contributed by atoms with Crippen molar-refractivity contribution in [1.29, 1.82) is 0 Å². The van der Waals surface area contributed by atoms with Crippen molar-refractivity contribution in [3.63, 3.8) is 0 Å². The number of nitrogens with one attached hydrogen (secondary N) is 1. The van der Waals surface area contributed by atoms with E-state index in [4.69, 9.17) is 4.98 Å². The van der Waals surface area contributed by atoms with Gasteiger partial charge < -0.3 is 5.32 Å². The van der Waals surface area contributed by atoms with Crippen LogP contribution < -0.4 is 5.32 Å². The van der Waals surface area contributed by atoms with Crippen molar-refractivity contribution in [1.82, 2.24) is 40.5 Å². The predicted octanol–water partition coefficient (Wildman–Crippen LogP) is 3.46. The van der Waals surface area contributed by atoms with E-state index in [-0.39, 0.29) is 12.5 Å². The van der Waals surface area contributed by atoms with Crippen LogP contribution in [-0.4, -0.2) is 47.3 Å². The second-order valence-corrected chi connectivity index (χ2v) is 9.91. The number of aryl methyl sites for hydroxylation is 3. The number of thioether (sulfide) groups is 1. The average molecular weight is 483 g/mol. The molecule has 0 unspecified atom stereocenters. The van der Waals surface area contributed by atoms with Gasteiger partial charge in [-0.05, 0) is 60.1 Å². The number of carbonyl (C=O) groups is 1. The highest BCUT2D eigenvalue weighted by Gasteiger charge is 2.12. The zero-order valence-corrected chi connectivity index (χ0v) is 20.5. The van der Waals surface area contributed by atoms with Crippen LogP contribution in [0, 0.1) is 5.92 Å². The summed E-state index contributed by atoms with van der Waals surface area (Å²) < 4.78 is 2.56. The number of hydrogen-bond acceptors (Lipinski definition) is 9. The summed E-state index contributed by atoms with van der Waals surface area (Å²) in [6.45, 7) is 2.54. The molecule has 1 atom stereocenters. The number of carbonyl (C=O) groups excluding carboxylic acids is 1. The van der Waals surface area contributed by atoms with Crippen LogP contribution in [0.25, 0.3) is 10.2 Å². The summed E-state index contributed by atoms with van der Waals surface area (Å²) in [5.74, 6) is 1.90. The van der Waals surface area contributed by atoms with Crippen LogP contribution in [0.4, 0.5) is 0 Å². The molecule has 4 rings (SSSR count). The number of thiazole rings is 1. The van der Waals surface area contributed by atoms with Crippen LogP contribution in [0.3, 0.4) is 0 Å². The zero-order chi connectivity index (χ0) is 23.2. The molecule has 0 fully saturated rings. The van der Waals surface area contributed by atoms with Gasteiger partial charge in [-0.15, -0.1) is 28.2 Å². The van der Waals surface area contributed by atoms with Gasteiger partial charge >= 0.3 is 0 Å².